The number of carbonyl (C=O) groups is 1. The lowest BCUT2D eigenvalue weighted by Gasteiger charge is -2.13. The third-order valence-corrected chi connectivity index (χ3v) is 4.46. The quantitative estimate of drug-likeness (QED) is 0.476. The highest BCUT2D eigenvalue weighted by molar-refractivity contribution is 7.80. The molecule has 0 spiro atoms. The van der Waals surface area contributed by atoms with Gasteiger partial charge in [-0.25, -0.2) is 0 Å². The van der Waals surface area contributed by atoms with Gasteiger partial charge >= 0.3 is 0 Å². The normalized spacial score (nSPS) is 10.3. The van der Waals surface area contributed by atoms with E-state index in [0.29, 0.717) is 10.7 Å². The Kier molecular flexibility index (Phi) is 5.57. The van der Waals surface area contributed by atoms with Crippen molar-refractivity contribution in [3.8, 4) is 5.69 Å². The van der Waals surface area contributed by atoms with Gasteiger partial charge in [-0.05, 0) is 81.5 Å². The summed E-state index contributed by atoms with van der Waals surface area (Å²) >= 11 is 5.20. The smallest absolute Gasteiger partial charge is 0.269 e. The monoisotopic (exact) mass is 378 g/mol. The number of benzene rings is 2. The summed E-state index contributed by atoms with van der Waals surface area (Å²) < 4.78 is 2.14. The van der Waals surface area contributed by atoms with Crippen LogP contribution in [0.25, 0.3) is 5.69 Å². The van der Waals surface area contributed by atoms with Crippen molar-refractivity contribution in [1.82, 2.24) is 15.4 Å². The fourth-order valence-corrected chi connectivity index (χ4v) is 2.99. The molecule has 0 saturated carbocycles. The van der Waals surface area contributed by atoms with Crippen molar-refractivity contribution in [3.05, 3.63) is 83.2 Å². The lowest BCUT2D eigenvalue weighted by Crippen LogP contribution is -2.43. The maximum absolute atomic E-state index is 12.3. The van der Waals surface area contributed by atoms with Crippen molar-refractivity contribution in [2.75, 3.05) is 5.32 Å². The van der Waals surface area contributed by atoms with E-state index in [9.17, 15) is 4.79 Å². The molecule has 3 N–H and O–H groups in total. The van der Waals surface area contributed by atoms with Crippen LogP contribution < -0.4 is 16.2 Å². The van der Waals surface area contributed by atoms with E-state index >= 15 is 0 Å². The minimum atomic E-state index is -0.254. The first-order valence-electron chi connectivity index (χ1n) is 8.63. The Morgan fingerprint density at radius 1 is 0.815 bits per heavy atom. The van der Waals surface area contributed by atoms with E-state index in [0.717, 1.165) is 22.8 Å². The predicted molar refractivity (Wildman–Crippen MR) is 113 cm³/mol. The Morgan fingerprint density at radius 3 is 2.00 bits per heavy atom. The second-order valence-corrected chi connectivity index (χ2v) is 6.81. The summed E-state index contributed by atoms with van der Waals surface area (Å²) in [7, 11) is 0. The zero-order valence-electron chi connectivity index (χ0n) is 15.5. The van der Waals surface area contributed by atoms with E-state index in [2.05, 4.69) is 46.7 Å². The summed E-state index contributed by atoms with van der Waals surface area (Å²) in [4.78, 5) is 12.3. The molecule has 1 amide bonds. The number of rotatable bonds is 3. The summed E-state index contributed by atoms with van der Waals surface area (Å²) in [6.07, 6.45) is 0. The number of carbonyl (C=O) groups excluding carboxylic acids is 1. The molecule has 0 radical (unpaired) electrons. The van der Waals surface area contributed by atoms with Crippen molar-refractivity contribution in [1.29, 1.82) is 0 Å². The minimum Gasteiger partial charge on any atom is -0.331 e. The number of hydrogen-bond donors (Lipinski definition) is 3. The Morgan fingerprint density at radius 2 is 1.41 bits per heavy atom. The van der Waals surface area contributed by atoms with Gasteiger partial charge in [0.2, 0.25) is 0 Å². The van der Waals surface area contributed by atoms with Crippen molar-refractivity contribution < 1.29 is 4.79 Å². The molecule has 1 heterocycles. The SMILES string of the molecule is Cc1ccc(NC(=S)NNC(=O)c2ccc(-n3c(C)ccc3C)cc2)cc1. The highest BCUT2D eigenvalue weighted by Crippen LogP contribution is 2.16. The molecule has 0 unspecified atom stereocenters. The molecule has 6 heteroatoms. The van der Waals surface area contributed by atoms with Crippen LogP contribution in [0, 0.1) is 20.8 Å². The zero-order valence-corrected chi connectivity index (χ0v) is 16.4. The molecule has 1 aromatic heterocycles. The topological polar surface area (TPSA) is 58.1 Å². The molecule has 0 saturated heterocycles. The van der Waals surface area contributed by atoms with Gasteiger partial charge in [0.05, 0.1) is 0 Å². The van der Waals surface area contributed by atoms with Crippen molar-refractivity contribution in [2.24, 2.45) is 0 Å². The number of hydrazine groups is 1. The van der Waals surface area contributed by atoms with E-state index in [4.69, 9.17) is 12.2 Å². The third kappa shape index (κ3) is 4.54. The van der Waals surface area contributed by atoms with Crippen molar-refractivity contribution in [3.63, 3.8) is 0 Å². The van der Waals surface area contributed by atoms with Crippen LogP contribution in [0.2, 0.25) is 0 Å². The number of anilines is 1. The first kappa shape index (κ1) is 18.7. The van der Waals surface area contributed by atoms with Gasteiger partial charge in [0, 0.05) is 28.3 Å². The van der Waals surface area contributed by atoms with Gasteiger partial charge in [0.1, 0.15) is 0 Å². The predicted octanol–water partition coefficient (Wildman–Crippen LogP) is 4.03. The van der Waals surface area contributed by atoms with Gasteiger partial charge in [-0.1, -0.05) is 17.7 Å². The van der Waals surface area contributed by atoms with Crippen LogP contribution in [0.15, 0.2) is 60.7 Å². The summed E-state index contributed by atoms with van der Waals surface area (Å²) in [6, 6.07) is 19.4. The van der Waals surface area contributed by atoms with E-state index < -0.39 is 0 Å². The van der Waals surface area contributed by atoms with Crippen LogP contribution in [0.3, 0.4) is 0 Å². The maximum Gasteiger partial charge on any atom is 0.269 e. The molecule has 2 aromatic carbocycles. The van der Waals surface area contributed by atoms with Crippen LogP contribution in [0.5, 0.6) is 0 Å². The molecule has 138 valence electrons. The standard InChI is InChI=1S/C21H22N4OS/c1-14-4-10-18(11-5-14)22-21(27)24-23-20(26)17-8-12-19(13-9-17)25-15(2)6-7-16(25)3/h4-13H,1-3H3,(H,23,26)(H2,22,24,27). The zero-order chi connectivity index (χ0) is 19.4. The lowest BCUT2D eigenvalue weighted by molar-refractivity contribution is 0.0944. The van der Waals surface area contributed by atoms with Gasteiger partial charge in [0.25, 0.3) is 5.91 Å². The van der Waals surface area contributed by atoms with Crippen LogP contribution in [-0.2, 0) is 0 Å². The van der Waals surface area contributed by atoms with Gasteiger partial charge in [-0.3, -0.25) is 15.6 Å². The number of hydrogen-bond acceptors (Lipinski definition) is 2. The van der Waals surface area contributed by atoms with Gasteiger partial charge in [0.15, 0.2) is 5.11 Å². The van der Waals surface area contributed by atoms with E-state index in [1.54, 1.807) is 12.1 Å². The maximum atomic E-state index is 12.3. The molecule has 3 aromatic rings. The molecular formula is C21H22N4OS. The number of nitrogens with one attached hydrogen (secondary N) is 3. The van der Waals surface area contributed by atoms with Crippen LogP contribution >= 0.6 is 12.2 Å². The molecule has 0 fully saturated rings. The average molecular weight is 379 g/mol. The summed E-state index contributed by atoms with van der Waals surface area (Å²) in [5.41, 5.74) is 11.2. The van der Waals surface area contributed by atoms with Crippen molar-refractivity contribution >= 4 is 28.9 Å². The second kappa shape index (κ2) is 8.05. The Bertz CT molecular complexity index is 939. The molecule has 0 aliphatic heterocycles. The molecule has 0 atom stereocenters. The molecule has 27 heavy (non-hydrogen) atoms. The Hall–Kier alpha value is -3.12. The summed E-state index contributed by atoms with van der Waals surface area (Å²) in [6.45, 7) is 6.13. The second-order valence-electron chi connectivity index (χ2n) is 6.40. The molecular weight excluding hydrogens is 356 g/mol. The van der Waals surface area contributed by atoms with E-state index in [1.165, 1.54) is 5.56 Å². The molecule has 3 rings (SSSR count). The number of thiocarbonyl (C=S) groups is 1. The highest BCUT2D eigenvalue weighted by Gasteiger charge is 2.08. The fourth-order valence-electron chi connectivity index (χ4n) is 2.82. The van der Waals surface area contributed by atoms with E-state index in [1.807, 2.05) is 43.3 Å². The number of amides is 1. The lowest BCUT2D eigenvalue weighted by atomic mass is 10.2. The largest absolute Gasteiger partial charge is 0.331 e. The first-order chi connectivity index (χ1) is 12.9. The first-order valence-corrected chi connectivity index (χ1v) is 9.04. The summed E-state index contributed by atoms with van der Waals surface area (Å²) in [5.74, 6) is -0.254. The van der Waals surface area contributed by atoms with Gasteiger partial charge in [-0.15, -0.1) is 0 Å². The molecule has 0 bridgehead atoms. The molecule has 5 nitrogen and oxygen atoms in total. The summed E-state index contributed by atoms with van der Waals surface area (Å²) in [5, 5.41) is 3.34. The van der Waals surface area contributed by atoms with Gasteiger partial charge < -0.3 is 9.88 Å². The molecule has 0 aliphatic carbocycles. The van der Waals surface area contributed by atoms with Gasteiger partial charge in [-0.2, -0.15) is 0 Å². The van der Waals surface area contributed by atoms with Crippen LogP contribution in [0.1, 0.15) is 27.3 Å². The van der Waals surface area contributed by atoms with Crippen LogP contribution in [0.4, 0.5) is 5.69 Å². The van der Waals surface area contributed by atoms with E-state index in [-0.39, 0.29) is 5.91 Å². The number of aryl methyl sites for hydroxylation is 3. The fraction of sp³-hybridized carbons (Fsp3) is 0.143. The third-order valence-electron chi connectivity index (χ3n) is 4.26. The Labute approximate surface area is 164 Å². The van der Waals surface area contributed by atoms with Crippen LogP contribution in [-0.4, -0.2) is 15.6 Å². The highest BCUT2D eigenvalue weighted by atomic mass is 32.1. The average Bonchev–Trinajstić information content (AvgIpc) is 3.00. The van der Waals surface area contributed by atoms with Crippen molar-refractivity contribution in [2.45, 2.75) is 20.8 Å². The number of nitrogens with zero attached hydrogens (tertiary/aromatic N) is 1. The minimum absolute atomic E-state index is 0.254. The molecule has 0 aliphatic rings. The number of aromatic nitrogens is 1. The Balaban J connectivity index is 1.58.